The monoisotopic (exact) mass is 497 g/mol. The van der Waals surface area contributed by atoms with Gasteiger partial charge in [-0.2, -0.15) is 0 Å². The highest BCUT2D eigenvalue weighted by Crippen LogP contribution is 2.37. The Balaban J connectivity index is 1.77. The molecule has 0 radical (unpaired) electrons. The number of benzene rings is 3. The molecule has 1 unspecified atom stereocenters. The lowest BCUT2D eigenvalue weighted by Crippen LogP contribution is -2.48. The van der Waals surface area contributed by atoms with E-state index in [1.807, 2.05) is 54.6 Å². The first-order valence-corrected chi connectivity index (χ1v) is 12.4. The highest BCUT2D eigenvalue weighted by atomic mass is 16.5. The van der Waals surface area contributed by atoms with Crippen LogP contribution in [0.5, 0.6) is 0 Å². The van der Waals surface area contributed by atoms with E-state index in [1.54, 1.807) is 0 Å². The third-order valence-electron chi connectivity index (χ3n) is 6.45. The van der Waals surface area contributed by atoms with Crippen LogP contribution >= 0.6 is 0 Å². The lowest BCUT2D eigenvalue weighted by molar-refractivity contribution is -0.141. The molecule has 4 rings (SSSR count). The highest BCUT2D eigenvalue weighted by molar-refractivity contribution is 5.65. The number of carbonyl (C=O) groups is 1. The molecule has 0 saturated heterocycles. The van der Waals surface area contributed by atoms with Crippen LogP contribution in [-0.4, -0.2) is 28.7 Å². The second kappa shape index (κ2) is 12.1. The van der Waals surface area contributed by atoms with Crippen molar-refractivity contribution >= 4 is 5.97 Å². The van der Waals surface area contributed by atoms with Crippen LogP contribution in [0.25, 0.3) is 0 Å². The topological polar surface area (TPSA) is 93.2 Å². The standard InChI is InChI=1S/C30H31N3O4/c1-23(34)37-21-11-18-27(33-20-19-28(35)32-29(33)36)22-31-30(24-12-5-2-6-13-24,25-14-7-3-8-15-25)26-16-9-4-10-17-26/h2-10,12-17,19-20,27,31H,11,18,21-22H2,1H3,(H,32,35,36). The zero-order chi connectivity index (χ0) is 26.1. The van der Waals surface area contributed by atoms with Gasteiger partial charge >= 0.3 is 11.7 Å². The van der Waals surface area contributed by atoms with Gasteiger partial charge in [-0.3, -0.25) is 24.5 Å². The minimum absolute atomic E-state index is 0.255. The van der Waals surface area contributed by atoms with Gasteiger partial charge < -0.3 is 4.74 Å². The van der Waals surface area contributed by atoms with Gasteiger partial charge in [0.1, 0.15) is 0 Å². The summed E-state index contributed by atoms with van der Waals surface area (Å²) in [5, 5.41) is 3.81. The van der Waals surface area contributed by atoms with E-state index in [4.69, 9.17) is 4.74 Å². The van der Waals surface area contributed by atoms with E-state index >= 15 is 0 Å². The van der Waals surface area contributed by atoms with Crippen molar-refractivity contribution in [2.75, 3.05) is 13.2 Å². The number of ether oxygens (including phenoxy) is 1. The molecule has 7 heteroatoms. The van der Waals surface area contributed by atoms with E-state index in [1.165, 1.54) is 23.8 Å². The van der Waals surface area contributed by atoms with E-state index < -0.39 is 16.8 Å². The van der Waals surface area contributed by atoms with E-state index in [-0.39, 0.29) is 18.6 Å². The van der Waals surface area contributed by atoms with Crippen LogP contribution < -0.4 is 16.6 Å². The molecular formula is C30H31N3O4. The second-order valence-corrected chi connectivity index (χ2v) is 8.88. The van der Waals surface area contributed by atoms with Crippen molar-refractivity contribution in [3.63, 3.8) is 0 Å². The van der Waals surface area contributed by atoms with E-state index in [0.29, 0.717) is 19.4 Å². The zero-order valence-electron chi connectivity index (χ0n) is 20.8. The van der Waals surface area contributed by atoms with Gasteiger partial charge in [0.05, 0.1) is 18.2 Å². The van der Waals surface area contributed by atoms with Crippen LogP contribution in [0.1, 0.15) is 42.5 Å². The lowest BCUT2D eigenvalue weighted by atomic mass is 9.77. The Morgan fingerprint density at radius 1 is 0.865 bits per heavy atom. The molecule has 2 N–H and O–H groups in total. The average Bonchev–Trinajstić information content (AvgIpc) is 2.92. The number of hydrogen-bond donors (Lipinski definition) is 2. The molecule has 0 bridgehead atoms. The molecule has 3 aromatic carbocycles. The first-order chi connectivity index (χ1) is 18.0. The Morgan fingerprint density at radius 3 is 1.84 bits per heavy atom. The largest absolute Gasteiger partial charge is 0.466 e. The molecule has 1 aromatic heterocycles. The maximum absolute atomic E-state index is 12.8. The van der Waals surface area contributed by atoms with Crippen LogP contribution in [0.2, 0.25) is 0 Å². The minimum atomic E-state index is -0.705. The Bertz CT molecular complexity index is 1300. The van der Waals surface area contributed by atoms with Crippen LogP contribution in [-0.2, 0) is 15.1 Å². The number of rotatable bonds is 11. The molecular weight excluding hydrogens is 466 g/mol. The highest BCUT2D eigenvalue weighted by Gasteiger charge is 2.36. The summed E-state index contributed by atoms with van der Waals surface area (Å²) in [5.74, 6) is -0.341. The molecule has 7 nitrogen and oxygen atoms in total. The van der Waals surface area contributed by atoms with Gasteiger partial charge in [0.25, 0.3) is 5.56 Å². The van der Waals surface area contributed by atoms with Crippen molar-refractivity contribution in [2.45, 2.75) is 31.3 Å². The number of hydrogen-bond acceptors (Lipinski definition) is 5. The van der Waals surface area contributed by atoms with E-state index in [2.05, 4.69) is 46.7 Å². The molecule has 0 aliphatic heterocycles. The SMILES string of the molecule is CC(=O)OCCCC(CNC(c1ccccc1)(c1ccccc1)c1ccccc1)n1ccc(=O)[nH]c1=O. The number of aromatic nitrogens is 2. The summed E-state index contributed by atoms with van der Waals surface area (Å²) >= 11 is 0. The molecule has 190 valence electrons. The fourth-order valence-electron chi connectivity index (χ4n) is 4.73. The van der Waals surface area contributed by atoms with Crippen molar-refractivity contribution in [2.24, 2.45) is 0 Å². The molecule has 4 aromatic rings. The molecule has 0 fully saturated rings. The van der Waals surface area contributed by atoms with Crippen LogP contribution in [0.4, 0.5) is 0 Å². The fourth-order valence-corrected chi connectivity index (χ4v) is 4.73. The van der Waals surface area contributed by atoms with Crippen LogP contribution in [0.15, 0.2) is 113 Å². The predicted octanol–water partition coefficient (Wildman–Crippen LogP) is 4.00. The summed E-state index contributed by atoms with van der Waals surface area (Å²) in [6, 6.07) is 31.6. The summed E-state index contributed by atoms with van der Waals surface area (Å²) < 4.78 is 6.66. The summed E-state index contributed by atoms with van der Waals surface area (Å²) in [7, 11) is 0. The number of nitrogens with one attached hydrogen (secondary N) is 2. The van der Waals surface area contributed by atoms with Crippen molar-refractivity contribution in [3.05, 3.63) is 141 Å². The van der Waals surface area contributed by atoms with Crippen LogP contribution in [0, 0.1) is 0 Å². The van der Waals surface area contributed by atoms with Crippen LogP contribution in [0.3, 0.4) is 0 Å². The first kappa shape index (κ1) is 25.9. The molecule has 0 amide bonds. The zero-order valence-corrected chi connectivity index (χ0v) is 20.8. The van der Waals surface area contributed by atoms with Gasteiger partial charge in [-0.25, -0.2) is 4.79 Å². The molecule has 1 atom stereocenters. The summed E-state index contributed by atoms with van der Waals surface area (Å²) in [6.45, 7) is 2.04. The second-order valence-electron chi connectivity index (χ2n) is 8.88. The van der Waals surface area contributed by atoms with Gasteiger partial charge in [-0.05, 0) is 29.5 Å². The van der Waals surface area contributed by atoms with Crippen molar-refractivity contribution < 1.29 is 9.53 Å². The van der Waals surface area contributed by atoms with Gasteiger partial charge in [-0.1, -0.05) is 91.0 Å². The number of aromatic amines is 1. The van der Waals surface area contributed by atoms with Crippen molar-refractivity contribution in [1.29, 1.82) is 0 Å². The Morgan fingerprint density at radius 2 is 1.38 bits per heavy atom. The number of nitrogens with zero attached hydrogens (tertiary/aromatic N) is 1. The summed E-state index contributed by atoms with van der Waals surface area (Å²) in [6.07, 6.45) is 2.64. The minimum Gasteiger partial charge on any atom is -0.466 e. The third kappa shape index (κ3) is 6.13. The Labute approximate surface area is 215 Å². The number of H-pyrrole nitrogens is 1. The van der Waals surface area contributed by atoms with Crippen molar-refractivity contribution in [1.82, 2.24) is 14.9 Å². The molecule has 0 aliphatic carbocycles. The average molecular weight is 498 g/mol. The molecule has 1 heterocycles. The number of esters is 1. The quantitative estimate of drug-likeness (QED) is 0.186. The van der Waals surface area contributed by atoms with Crippen molar-refractivity contribution in [3.8, 4) is 0 Å². The lowest BCUT2D eigenvalue weighted by Gasteiger charge is -2.38. The Hall–Kier alpha value is -4.23. The van der Waals surface area contributed by atoms with E-state index in [0.717, 1.165) is 16.7 Å². The molecule has 0 spiro atoms. The summed E-state index contributed by atoms with van der Waals surface area (Å²) in [5.41, 5.74) is 1.54. The predicted molar refractivity (Wildman–Crippen MR) is 143 cm³/mol. The van der Waals surface area contributed by atoms with Gasteiger partial charge in [0.15, 0.2) is 0 Å². The first-order valence-electron chi connectivity index (χ1n) is 12.4. The number of carbonyl (C=O) groups excluding carboxylic acids is 1. The van der Waals surface area contributed by atoms with E-state index in [9.17, 15) is 14.4 Å². The molecule has 0 aliphatic rings. The normalized spacial score (nSPS) is 12.1. The van der Waals surface area contributed by atoms with Gasteiger partial charge in [0, 0.05) is 25.7 Å². The van der Waals surface area contributed by atoms with Gasteiger partial charge in [0.2, 0.25) is 0 Å². The third-order valence-corrected chi connectivity index (χ3v) is 6.45. The van der Waals surface area contributed by atoms with Gasteiger partial charge in [-0.15, -0.1) is 0 Å². The smallest absolute Gasteiger partial charge is 0.328 e. The fraction of sp³-hybridized carbons (Fsp3) is 0.233. The molecule has 37 heavy (non-hydrogen) atoms. The molecule has 0 saturated carbocycles. The maximum atomic E-state index is 12.8. The summed E-state index contributed by atoms with van der Waals surface area (Å²) in [4.78, 5) is 38.1. The Kier molecular flexibility index (Phi) is 8.48. The maximum Gasteiger partial charge on any atom is 0.328 e.